The van der Waals surface area contributed by atoms with Crippen LogP contribution >= 0.6 is 11.6 Å². The summed E-state index contributed by atoms with van der Waals surface area (Å²) in [6, 6.07) is 7.93. The van der Waals surface area contributed by atoms with E-state index in [9.17, 15) is 18.0 Å². The second-order valence-corrected chi connectivity index (χ2v) is 6.89. The van der Waals surface area contributed by atoms with Crippen molar-refractivity contribution in [3.63, 3.8) is 0 Å². The molecule has 0 saturated carbocycles. The maximum atomic E-state index is 12.8. The van der Waals surface area contributed by atoms with Crippen molar-refractivity contribution in [2.75, 3.05) is 19.0 Å². The maximum Gasteiger partial charge on any atom is 0.416 e. The molecule has 0 unspecified atom stereocenters. The number of carbonyl (C=O) groups is 1. The molecule has 0 atom stereocenters. The largest absolute Gasteiger partial charge is 0.493 e. The number of alkyl halides is 3. The standard InChI is InChI=1S/C22H23ClF3NO3/c1-3-4-5-12-30-19-10-6-15(13-20(19)29-2)7-11-21(28)27-18-14-16(22(24,25)26)8-9-17(18)23/h6-11,13-14H,3-5,12H2,1-2H3,(H,27,28). The van der Waals surface area contributed by atoms with Crippen molar-refractivity contribution >= 4 is 29.3 Å². The van der Waals surface area contributed by atoms with Gasteiger partial charge in [0.25, 0.3) is 0 Å². The smallest absolute Gasteiger partial charge is 0.416 e. The number of unbranched alkanes of at least 4 members (excludes halogenated alkanes) is 2. The summed E-state index contributed by atoms with van der Waals surface area (Å²) in [7, 11) is 1.52. The molecule has 1 amide bonds. The third-order valence-corrected chi connectivity index (χ3v) is 4.50. The van der Waals surface area contributed by atoms with Crippen molar-refractivity contribution < 1.29 is 27.4 Å². The lowest BCUT2D eigenvalue weighted by molar-refractivity contribution is -0.137. The van der Waals surface area contributed by atoms with E-state index in [2.05, 4.69) is 12.2 Å². The molecule has 2 rings (SSSR count). The normalized spacial score (nSPS) is 11.5. The van der Waals surface area contributed by atoms with Gasteiger partial charge >= 0.3 is 6.18 Å². The van der Waals surface area contributed by atoms with E-state index >= 15 is 0 Å². The zero-order valence-electron chi connectivity index (χ0n) is 16.7. The quantitative estimate of drug-likeness (QED) is 0.353. The highest BCUT2D eigenvalue weighted by Crippen LogP contribution is 2.34. The number of hydrogen-bond acceptors (Lipinski definition) is 3. The van der Waals surface area contributed by atoms with Gasteiger partial charge in [0.1, 0.15) is 0 Å². The van der Waals surface area contributed by atoms with E-state index in [1.807, 2.05) is 0 Å². The maximum absolute atomic E-state index is 12.8. The molecule has 8 heteroatoms. The lowest BCUT2D eigenvalue weighted by Crippen LogP contribution is -2.11. The molecule has 0 fully saturated rings. The van der Waals surface area contributed by atoms with Crippen molar-refractivity contribution in [2.45, 2.75) is 32.4 Å². The minimum atomic E-state index is -4.53. The zero-order chi connectivity index (χ0) is 22.1. The lowest BCUT2D eigenvalue weighted by atomic mass is 10.1. The fraction of sp³-hybridized carbons (Fsp3) is 0.318. The molecule has 162 valence electrons. The van der Waals surface area contributed by atoms with Gasteiger partial charge < -0.3 is 14.8 Å². The highest BCUT2D eigenvalue weighted by atomic mass is 35.5. The first-order chi connectivity index (χ1) is 14.2. The molecule has 0 aromatic heterocycles. The molecule has 2 aromatic rings. The van der Waals surface area contributed by atoms with Gasteiger partial charge in [0.05, 0.1) is 30.0 Å². The van der Waals surface area contributed by atoms with E-state index in [1.54, 1.807) is 18.2 Å². The Hall–Kier alpha value is -2.67. The number of carbonyl (C=O) groups excluding carboxylic acids is 1. The molecule has 0 saturated heterocycles. The molecule has 1 N–H and O–H groups in total. The van der Waals surface area contributed by atoms with Crippen molar-refractivity contribution in [3.8, 4) is 11.5 Å². The van der Waals surface area contributed by atoms with Crippen molar-refractivity contribution in [2.24, 2.45) is 0 Å². The van der Waals surface area contributed by atoms with Gasteiger partial charge in [-0.2, -0.15) is 13.2 Å². The van der Waals surface area contributed by atoms with Crippen molar-refractivity contribution in [1.29, 1.82) is 0 Å². The third-order valence-electron chi connectivity index (χ3n) is 4.17. The first-order valence-corrected chi connectivity index (χ1v) is 9.79. The number of benzene rings is 2. The molecule has 0 radical (unpaired) electrons. The Balaban J connectivity index is 2.06. The highest BCUT2D eigenvalue weighted by molar-refractivity contribution is 6.33. The van der Waals surface area contributed by atoms with Gasteiger partial charge in [-0.3, -0.25) is 4.79 Å². The van der Waals surface area contributed by atoms with Crippen LogP contribution in [0.1, 0.15) is 37.3 Å². The second-order valence-electron chi connectivity index (χ2n) is 6.48. The van der Waals surface area contributed by atoms with Crippen LogP contribution in [0.2, 0.25) is 5.02 Å². The van der Waals surface area contributed by atoms with Crippen molar-refractivity contribution in [3.05, 3.63) is 58.6 Å². The van der Waals surface area contributed by atoms with Gasteiger partial charge in [-0.25, -0.2) is 0 Å². The number of halogens is 4. The van der Waals surface area contributed by atoms with Crippen LogP contribution < -0.4 is 14.8 Å². The number of nitrogens with one attached hydrogen (secondary N) is 1. The summed E-state index contributed by atoms with van der Waals surface area (Å²) < 4.78 is 49.5. The number of hydrogen-bond donors (Lipinski definition) is 1. The average Bonchev–Trinajstić information content (AvgIpc) is 2.71. The van der Waals surface area contributed by atoms with Gasteiger partial charge in [-0.15, -0.1) is 0 Å². The lowest BCUT2D eigenvalue weighted by Gasteiger charge is -2.11. The number of rotatable bonds is 9. The topological polar surface area (TPSA) is 47.6 Å². The molecule has 0 aliphatic heterocycles. The van der Waals surface area contributed by atoms with E-state index < -0.39 is 17.6 Å². The summed E-state index contributed by atoms with van der Waals surface area (Å²) in [6.07, 6.45) is 1.30. The van der Waals surface area contributed by atoms with Crippen LogP contribution in [0, 0.1) is 0 Å². The summed E-state index contributed by atoms with van der Waals surface area (Å²) >= 11 is 5.89. The fourth-order valence-corrected chi connectivity index (χ4v) is 2.75. The van der Waals surface area contributed by atoms with Crippen molar-refractivity contribution in [1.82, 2.24) is 0 Å². The van der Waals surface area contributed by atoms with Gasteiger partial charge in [0.2, 0.25) is 5.91 Å². The van der Waals surface area contributed by atoms with Crippen LogP contribution in [0.4, 0.5) is 18.9 Å². The van der Waals surface area contributed by atoms with E-state index in [4.69, 9.17) is 21.1 Å². The van der Waals surface area contributed by atoms with E-state index in [0.717, 1.165) is 37.5 Å². The Morgan fingerprint density at radius 2 is 1.90 bits per heavy atom. The minimum Gasteiger partial charge on any atom is -0.493 e. The average molecular weight is 442 g/mol. The number of amides is 1. The highest BCUT2D eigenvalue weighted by Gasteiger charge is 2.31. The molecular formula is C22H23ClF3NO3. The first-order valence-electron chi connectivity index (χ1n) is 9.41. The monoisotopic (exact) mass is 441 g/mol. The van der Waals surface area contributed by atoms with E-state index in [1.165, 1.54) is 19.3 Å². The number of ether oxygens (including phenoxy) is 2. The summed E-state index contributed by atoms with van der Waals surface area (Å²) in [5, 5.41) is 2.37. The Labute approximate surface area is 178 Å². The fourth-order valence-electron chi connectivity index (χ4n) is 2.58. The zero-order valence-corrected chi connectivity index (χ0v) is 17.4. The summed E-state index contributed by atoms with van der Waals surface area (Å²) in [5.41, 5.74) is -0.349. The summed E-state index contributed by atoms with van der Waals surface area (Å²) in [4.78, 5) is 12.1. The molecule has 0 aliphatic carbocycles. The molecular weight excluding hydrogens is 419 g/mol. The van der Waals surface area contributed by atoms with E-state index in [-0.39, 0.29) is 10.7 Å². The molecule has 2 aromatic carbocycles. The molecule has 0 heterocycles. The molecule has 0 spiro atoms. The SMILES string of the molecule is CCCCCOc1ccc(C=CC(=O)Nc2cc(C(F)(F)F)ccc2Cl)cc1OC. The van der Waals surface area contributed by atoms with Gasteiger partial charge in [0.15, 0.2) is 11.5 Å². The minimum absolute atomic E-state index is 0.0102. The Morgan fingerprint density at radius 3 is 2.57 bits per heavy atom. The van der Waals surface area contributed by atoms with Crippen LogP contribution in [-0.4, -0.2) is 19.6 Å². The summed E-state index contributed by atoms with van der Waals surface area (Å²) in [6.45, 7) is 2.69. The Bertz CT molecular complexity index is 898. The predicted molar refractivity (Wildman–Crippen MR) is 112 cm³/mol. The molecule has 0 aliphatic rings. The van der Waals surface area contributed by atoms with E-state index in [0.29, 0.717) is 23.7 Å². The number of anilines is 1. The Kier molecular flexibility index (Phi) is 8.59. The van der Waals surface area contributed by atoms with Crippen LogP contribution in [0.25, 0.3) is 6.08 Å². The molecule has 30 heavy (non-hydrogen) atoms. The molecule has 4 nitrogen and oxygen atoms in total. The van der Waals surface area contributed by atoms with Gasteiger partial charge in [-0.1, -0.05) is 37.4 Å². The van der Waals surface area contributed by atoms with Crippen LogP contribution in [0.5, 0.6) is 11.5 Å². The van der Waals surface area contributed by atoms with Crippen LogP contribution in [0.15, 0.2) is 42.5 Å². The third kappa shape index (κ3) is 6.99. The van der Waals surface area contributed by atoms with Crippen LogP contribution in [-0.2, 0) is 11.0 Å². The Morgan fingerprint density at radius 1 is 1.13 bits per heavy atom. The van der Waals surface area contributed by atoms with Gasteiger partial charge in [0, 0.05) is 6.08 Å². The molecule has 0 bridgehead atoms. The predicted octanol–water partition coefficient (Wildman–Crippen LogP) is 6.59. The van der Waals surface area contributed by atoms with Gasteiger partial charge in [-0.05, 0) is 48.4 Å². The first kappa shape index (κ1) is 23.6. The number of methoxy groups -OCH3 is 1. The van der Waals surface area contributed by atoms with Crippen LogP contribution in [0.3, 0.4) is 0 Å². The second kappa shape index (κ2) is 10.9. The summed E-state index contributed by atoms with van der Waals surface area (Å²) in [5.74, 6) is 0.510.